The van der Waals surface area contributed by atoms with Crippen LogP contribution in [0, 0.1) is 0 Å². The van der Waals surface area contributed by atoms with E-state index in [2.05, 4.69) is 20.4 Å². The molecule has 0 spiro atoms. The number of hydrogen-bond donors (Lipinski definition) is 1. The van der Waals surface area contributed by atoms with E-state index in [1.54, 1.807) is 18.2 Å². The van der Waals surface area contributed by atoms with E-state index in [0.29, 0.717) is 35.2 Å². The van der Waals surface area contributed by atoms with E-state index >= 15 is 0 Å². The maximum absolute atomic E-state index is 12.7. The Bertz CT molecular complexity index is 1040. The van der Waals surface area contributed by atoms with Crippen molar-refractivity contribution in [1.29, 1.82) is 0 Å². The van der Waals surface area contributed by atoms with Crippen molar-refractivity contribution in [2.24, 2.45) is 0 Å². The molecule has 0 bridgehead atoms. The zero-order chi connectivity index (χ0) is 20.9. The van der Waals surface area contributed by atoms with E-state index in [4.69, 9.17) is 21.1 Å². The van der Waals surface area contributed by atoms with Gasteiger partial charge in [-0.3, -0.25) is 4.79 Å². The smallest absolute Gasteiger partial charge is 0.259 e. The van der Waals surface area contributed by atoms with Gasteiger partial charge in [0.25, 0.3) is 5.91 Å². The molecule has 2 aromatic carbocycles. The van der Waals surface area contributed by atoms with Crippen molar-refractivity contribution in [1.82, 2.24) is 10.2 Å². The Labute approximate surface area is 179 Å². The van der Waals surface area contributed by atoms with Crippen LogP contribution in [0.3, 0.4) is 0 Å². The van der Waals surface area contributed by atoms with Gasteiger partial charge in [-0.2, -0.15) is 0 Å². The van der Waals surface area contributed by atoms with E-state index in [1.807, 2.05) is 36.4 Å². The summed E-state index contributed by atoms with van der Waals surface area (Å²) in [6, 6.07) is 16.3. The Morgan fingerprint density at radius 3 is 2.67 bits per heavy atom. The lowest BCUT2D eigenvalue weighted by atomic mass is 10.1. The van der Waals surface area contributed by atoms with Crippen LogP contribution in [-0.2, 0) is 4.74 Å². The first-order valence-corrected chi connectivity index (χ1v) is 9.93. The molecule has 0 radical (unpaired) electrons. The molecule has 2 heterocycles. The van der Waals surface area contributed by atoms with Gasteiger partial charge in [0.05, 0.1) is 31.6 Å². The quantitative estimate of drug-likeness (QED) is 0.669. The van der Waals surface area contributed by atoms with E-state index in [9.17, 15) is 4.79 Å². The minimum absolute atomic E-state index is 0.305. The van der Waals surface area contributed by atoms with Crippen LogP contribution >= 0.6 is 11.6 Å². The second-order valence-electron chi connectivity index (χ2n) is 6.76. The van der Waals surface area contributed by atoms with Crippen LogP contribution in [0.25, 0.3) is 11.3 Å². The van der Waals surface area contributed by atoms with Crippen molar-refractivity contribution in [2.75, 3.05) is 43.6 Å². The van der Waals surface area contributed by atoms with Gasteiger partial charge in [0, 0.05) is 29.4 Å². The molecule has 154 valence electrons. The van der Waals surface area contributed by atoms with Crippen molar-refractivity contribution >= 4 is 29.0 Å². The van der Waals surface area contributed by atoms with Crippen molar-refractivity contribution in [3.05, 3.63) is 65.2 Å². The number of carbonyl (C=O) groups is 1. The molecule has 30 heavy (non-hydrogen) atoms. The third kappa shape index (κ3) is 4.53. The lowest BCUT2D eigenvalue weighted by Crippen LogP contribution is -2.36. The number of anilines is 2. The molecule has 8 heteroatoms. The fourth-order valence-electron chi connectivity index (χ4n) is 3.25. The molecule has 4 rings (SSSR count). The number of amides is 1. The van der Waals surface area contributed by atoms with Gasteiger partial charge in [-0.15, -0.1) is 10.2 Å². The molecule has 0 saturated carbocycles. The van der Waals surface area contributed by atoms with Gasteiger partial charge in [-0.05, 0) is 42.5 Å². The van der Waals surface area contributed by atoms with Crippen molar-refractivity contribution in [2.45, 2.75) is 0 Å². The monoisotopic (exact) mass is 424 g/mol. The normalized spacial score (nSPS) is 13.7. The van der Waals surface area contributed by atoms with Gasteiger partial charge in [0.1, 0.15) is 5.75 Å². The van der Waals surface area contributed by atoms with Gasteiger partial charge >= 0.3 is 0 Å². The highest BCUT2D eigenvalue weighted by atomic mass is 35.5. The summed E-state index contributed by atoms with van der Waals surface area (Å²) in [5.74, 6) is 0.984. The highest BCUT2D eigenvalue weighted by Gasteiger charge is 2.15. The van der Waals surface area contributed by atoms with Crippen LogP contribution in [0.5, 0.6) is 5.75 Å². The average Bonchev–Trinajstić information content (AvgIpc) is 2.80. The molecule has 1 aromatic heterocycles. The molecule has 1 saturated heterocycles. The molecule has 1 amide bonds. The first-order chi connectivity index (χ1) is 14.6. The maximum atomic E-state index is 12.7. The zero-order valence-electron chi connectivity index (χ0n) is 16.5. The second kappa shape index (κ2) is 9.11. The van der Waals surface area contributed by atoms with E-state index in [0.717, 1.165) is 30.2 Å². The van der Waals surface area contributed by atoms with E-state index in [-0.39, 0.29) is 5.91 Å². The number of halogens is 1. The standard InChI is InChI=1S/C22H21ClN4O3/c1-29-20-7-5-16(23)14-18(20)22(28)24-17-4-2-3-15(13-17)19-6-8-21(26-25-19)27-9-11-30-12-10-27/h2-8,13-14H,9-12H2,1H3,(H,24,28). The molecule has 3 aromatic rings. The summed E-state index contributed by atoms with van der Waals surface area (Å²) >= 11 is 6.03. The number of methoxy groups -OCH3 is 1. The highest BCUT2D eigenvalue weighted by molar-refractivity contribution is 6.31. The maximum Gasteiger partial charge on any atom is 0.259 e. The first kappa shape index (κ1) is 20.1. The van der Waals surface area contributed by atoms with Crippen LogP contribution in [0.4, 0.5) is 11.5 Å². The van der Waals surface area contributed by atoms with Crippen molar-refractivity contribution in [3.8, 4) is 17.0 Å². The predicted molar refractivity (Wildman–Crippen MR) is 116 cm³/mol. The molecule has 0 atom stereocenters. The Kier molecular flexibility index (Phi) is 6.11. The fraction of sp³-hybridized carbons (Fsp3) is 0.227. The number of morpholine rings is 1. The minimum atomic E-state index is -0.305. The summed E-state index contributed by atoms with van der Waals surface area (Å²) < 4.78 is 10.6. The fourth-order valence-corrected chi connectivity index (χ4v) is 3.42. The Morgan fingerprint density at radius 1 is 1.10 bits per heavy atom. The third-order valence-corrected chi connectivity index (χ3v) is 5.04. The Balaban J connectivity index is 1.51. The number of nitrogens with one attached hydrogen (secondary N) is 1. The second-order valence-corrected chi connectivity index (χ2v) is 7.19. The molecule has 1 N–H and O–H groups in total. The molecular weight excluding hydrogens is 404 g/mol. The average molecular weight is 425 g/mol. The van der Waals surface area contributed by atoms with Crippen molar-refractivity contribution in [3.63, 3.8) is 0 Å². The van der Waals surface area contributed by atoms with Gasteiger partial charge in [-0.25, -0.2) is 0 Å². The number of ether oxygens (including phenoxy) is 2. The number of aromatic nitrogens is 2. The lowest BCUT2D eigenvalue weighted by molar-refractivity contribution is 0.102. The topological polar surface area (TPSA) is 76.6 Å². The van der Waals surface area contributed by atoms with Crippen LogP contribution in [-0.4, -0.2) is 49.5 Å². The van der Waals surface area contributed by atoms with Crippen LogP contribution in [0.15, 0.2) is 54.6 Å². The predicted octanol–water partition coefficient (Wildman–Crippen LogP) is 3.89. The summed E-state index contributed by atoms with van der Waals surface area (Å²) in [5.41, 5.74) is 2.58. The number of nitrogens with zero attached hydrogens (tertiary/aromatic N) is 3. The summed E-state index contributed by atoms with van der Waals surface area (Å²) in [6.45, 7) is 3.01. The Hall–Kier alpha value is -3.16. The summed E-state index contributed by atoms with van der Waals surface area (Å²) in [6.07, 6.45) is 0. The lowest BCUT2D eigenvalue weighted by Gasteiger charge is -2.27. The number of benzene rings is 2. The molecule has 1 aliphatic heterocycles. The van der Waals surface area contributed by atoms with Crippen molar-refractivity contribution < 1.29 is 14.3 Å². The largest absolute Gasteiger partial charge is 0.496 e. The zero-order valence-corrected chi connectivity index (χ0v) is 17.2. The molecular formula is C22H21ClN4O3. The summed E-state index contributed by atoms with van der Waals surface area (Å²) in [7, 11) is 1.51. The number of hydrogen-bond acceptors (Lipinski definition) is 6. The summed E-state index contributed by atoms with van der Waals surface area (Å²) in [5, 5.41) is 12.1. The van der Waals surface area contributed by atoms with Gasteiger partial charge in [-0.1, -0.05) is 23.7 Å². The molecule has 7 nitrogen and oxygen atoms in total. The highest BCUT2D eigenvalue weighted by Crippen LogP contribution is 2.26. The van der Waals surface area contributed by atoms with Gasteiger partial charge in [0.15, 0.2) is 5.82 Å². The molecule has 1 fully saturated rings. The minimum Gasteiger partial charge on any atom is -0.496 e. The molecule has 1 aliphatic rings. The first-order valence-electron chi connectivity index (χ1n) is 9.56. The Morgan fingerprint density at radius 2 is 1.93 bits per heavy atom. The summed E-state index contributed by atoms with van der Waals surface area (Å²) in [4.78, 5) is 14.9. The van der Waals surface area contributed by atoms with Gasteiger partial charge < -0.3 is 19.7 Å². The number of carbonyl (C=O) groups excluding carboxylic acids is 1. The van der Waals surface area contributed by atoms with Crippen LogP contribution in [0.2, 0.25) is 5.02 Å². The van der Waals surface area contributed by atoms with Crippen LogP contribution in [0.1, 0.15) is 10.4 Å². The third-order valence-electron chi connectivity index (χ3n) is 4.81. The number of rotatable bonds is 5. The van der Waals surface area contributed by atoms with Crippen LogP contribution < -0.4 is 15.0 Å². The SMILES string of the molecule is COc1ccc(Cl)cc1C(=O)Nc1cccc(-c2ccc(N3CCOCC3)nn2)c1. The van der Waals surface area contributed by atoms with E-state index < -0.39 is 0 Å². The van der Waals surface area contributed by atoms with Gasteiger partial charge in [0.2, 0.25) is 0 Å². The molecule has 0 aliphatic carbocycles. The molecule has 0 unspecified atom stereocenters. The van der Waals surface area contributed by atoms with E-state index in [1.165, 1.54) is 7.11 Å².